The van der Waals surface area contributed by atoms with Crippen molar-refractivity contribution in [3.05, 3.63) is 140 Å². The van der Waals surface area contributed by atoms with Crippen LogP contribution >= 0.6 is 0 Å². The second-order valence-corrected chi connectivity index (χ2v) is 8.99. The maximum absolute atomic E-state index is 13.6. The summed E-state index contributed by atoms with van der Waals surface area (Å²) in [6, 6.07) is 26.0. The molecular formula is C30H27N3O4. The predicted molar refractivity (Wildman–Crippen MR) is 143 cm³/mol. The standard InChI is InChI=1S/C30H27N3O4/c1-21-8-5-6-11-24(21)19-32-27-18-23(28(34)31-16-15-22-9-3-2-4-10-22)13-14-26(27)29(35)33(30(32)36)20-25-12-7-17-37-25/h2-14,17-18H,15-16,19-20H2,1H3,(H,31,34). The molecule has 1 amide bonds. The maximum atomic E-state index is 13.6. The van der Waals surface area contributed by atoms with Gasteiger partial charge in [-0.25, -0.2) is 4.79 Å². The van der Waals surface area contributed by atoms with E-state index >= 15 is 0 Å². The zero-order chi connectivity index (χ0) is 25.8. The number of hydrogen-bond acceptors (Lipinski definition) is 4. The number of rotatable bonds is 8. The first kappa shape index (κ1) is 24.1. The third kappa shape index (κ3) is 5.16. The van der Waals surface area contributed by atoms with Gasteiger partial charge in [0.15, 0.2) is 0 Å². The van der Waals surface area contributed by atoms with E-state index in [4.69, 9.17) is 4.42 Å². The van der Waals surface area contributed by atoms with Gasteiger partial charge in [0, 0.05) is 12.1 Å². The van der Waals surface area contributed by atoms with Gasteiger partial charge in [0.05, 0.1) is 30.3 Å². The molecule has 1 N–H and O–H groups in total. The smallest absolute Gasteiger partial charge is 0.332 e. The van der Waals surface area contributed by atoms with Crippen molar-refractivity contribution in [1.29, 1.82) is 0 Å². The molecule has 0 saturated carbocycles. The van der Waals surface area contributed by atoms with Crippen LogP contribution in [0.25, 0.3) is 10.9 Å². The van der Waals surface area contributed by atoms with Gasteiger partial charge >= 0.3 is 5.69 Å². The van der Waals surface area contributed by atoms with E-state index in [2.05, 4.69) is 5.32 Å². The van der Waals surface area contributed by atoms with Gasteiger partial charge in [0.1, 0.15) is 5.76 Å². The van der Waals surface area contributed by atoms with E-state index in [0.29, 0.717) is 35.2 Å². The van der Waals surface area contributed by atoms with Crippen molar-refractivity contribution in [2.75, 3.05) is 6.54 Å². The number of aromatic nitrogens is 2. The molecule has 2 heterocycles. The van der Waals surface area contributed by atoms with E-state index in [1.165, 1.54) is 10.8 Å². The summed E-state index contributed by atoms with van der Waals surface area (Å²) in [7, 11) is 0. The summed E-state index contributed by atoms with van der Waals surface area (Å²) in [6.45, 7) is 2.74. The van der Waals surface area contributed by atoms with Crippen molar-refractivity contribution < 1.29 is 9.21 Å². The number of fused-ring (bicyclic) bond motifs is 1. The molecule has 0 radical (unpaired) electrons. The fourth-order valence-electron chi connectivity index (χ4n) is 4.43. The van der Waals surface area contributed by atoms with Crippen molar-refractivity contribution in [3.8, 4) is 0 Å². The molecule has 5 aromatic rings. The summed E-state index contributed by atoms with van der Waals surface area (Å²) in [4.78, 5) is 40.0. The molecule has 3 aromatic carbocycles. The molecule has 0 spiro atoms. The maximum Gasteiger partial charge on any atom is 0.332 e. The van der Waals surface area contributed by atoms with Gasteiger partial charge in [0.2, 0.25) is 0 Å². The molecule has 0 atom stereocenters. The number of benzene rings is 3. The Balaban J connectivity index is 1.54. The molecule has 0 aliphatic heterocycles. The van der Waals surface area contributed by atoms with E-state index in [-0.39, 0.29) is 19.0 Å². The monoisotopic (exact) mass is 493 g/mol. The molecule has 7 heteroatoms. The summed E-state index contributed by atoms with van der Waals surface area (Å²) in [6.07, 6.45) is 2.21. The number of hydrogen-bond donors (Lipinski definition) is 1. The van der Waals surface area contributed by atoms with Crippen molar-refractivity contribution >= 4 is 16.8 Å². The highest BCUT2D eigenvalue weighted by atomic mass is 16.3. The van der Waals surface area contributed by atoms with Crippen molar-refractivity contribution in [2.45, 2.75) is 26.4 Å². The lowest BCUT2D eigenvalue weighted by atomic mass is 10.1. The van der Waals surface area contributed by atoms with Gasteiger partial charge < -0.3 is 9.73 Å². The van der Waals surface area contributed by atoms with E-state index in [9.17, 15) is 14.4 Å². The summed E-state index contributed by atoms with van der Waals surface area (Å²) >= 11 is 0. The lowest BCUT2D eigenvalue weighted by Gasteiger charge is -2.16. The minimum Gasteiger partial charge on any atom is -0.467 e. The van der Waals surface area contributed by atoms with Crippen LogP contribution in [0.5, 0.6) is 0 Å². The second-order valence-electron chi connectivity index (χ2n) is 8.99. The third-order valence-electron chi connectivity index (χ3n) is 6.51. The topological polar surface area (TPSA) is 86.2 Å². The number of amides is 1. The molecule has 186 valence electrons. The number of aryl methyl sites for hydroxylation is 1. The minimum absolute atomic E-state index is 0.0239. The molecule has 0 aliphatic rings. The lowest BCUT2D eigenvalue weighted by Crippen LogP contribution is -2.40. The fourth-order valence-corrected chi connectivity index (χ4v) is 4.43. The van der Waals surface area contributed by atoms with Crippen molar-refractivity contribution in [1.82, 2.24) is 14.5 Å². The Morgan fingerprint density at radius 3 is 2.41 bits per heavy atom. The normalized spacial score (nSPS) is 11.1. The Kier molecular flexibility index (Phi) is 6.85. The summed E-state index contributed by atoms with van der Waals surface area (Å²) in [5.74, 6) is 0.253. The van der Waals surface area contributed by atoms with Crippen LogP contribution in [0.3, 0.4) is 0 Å². The minimum atomic E-state index is -0.459. The van der Waals surface area contributed by atoms with Crippen LogP contribution in [0.1, 0.15) is 32.8 Å². The molecule has 37 heavy (non-hydrogen) atoms. The first-order valence-corrected chi connectivity index (χ1v) is 12.2. The van der Waals surface area contributed by atoms with Gasteiger partial charge in [-0.05, 0) is 60.4 Å². The van der Waals surface area contributed by atoms with Gasteiger partial charge in [0.25, 0.3) is 11.5 Å². The average Bonchev–Trinajstić information content (AvgIpc) is 3.43. The van der Waals surface area contributed by atoms with Crippen LogP contribution in [-0.2, 0) is 19.5 Å². The molecule has 0 saturated heterocycles. The second kappa shape index (κ2) is 10.5. The molecule has 2 aromatic heterocycles. The molecular weight excluding hydrogens is 466 g/mol. The Morgan fingerprint density at radius 1 is 0.865 bits per heavy atom. The SMILES string of the molecule is Cc1ccccc1Cn1c(=O)n(Cc2ccco2)c(=O)c2ccc(C(=O)NCCc3ccccc3)cc21. The molecule has 0 aliphatic carbocycles. The van der Waals surface area contributed by atoms with E-state index in [1.54, 1.807) is 34.9 Å². The predicted octanol–water partition coefficient (Wildman–Crippen LogP) is 4.13. The van der Waals surface area contributed by atoms with Gasteiger partial charge in [-0.1, -0.05) is 54.6 Å². The highest BCUT2D eigenvalue weighted by Crippen LogP contribution is 2.16. The zero-order valence-corrected chi connectivity index (χ0v) is 20.5. The number of nitrogens with one attached hydrogen (secondary N) is 1. The van der Waals surface area contributed by atoms with Crippen LogP contribution in [-0.4, -0.2) is 21.6 Å². The van der Waals surface area contributed by atoms with Gasteiger partial charge in [-0.3, -0.25) is 18.7 Å². The Morgan fingerprint density at radius 2 is 1.65 bits per heavy atom. The number of carbonyl (C=O) groups excluding carboxylic acids is 1. The summed E-state index contributed by atoms with van der Waals surface area (Å²) in [5, 5.41) is 3.30. The van der Waals surface area contributed by atoms with E-state index < -0.39 is 11.2 Å². The van der Waals surface area contributed by atoms with Crippen LogP contribution in [0, 0.1) is 6.92 Å². The van der Waals surface area contributed by atoms with Crippen LogP contribution in [0.2, 0.25) is 0 Å². The Hall–Kier alpha value is -4.65. The number of carbonyl (C=O) groups is 1. The lowest BCUT2D eigenvalue weighted by molar-refractivity contribution is 0.0954. The first-order valence-electron chi connectivity index (χ1n) is 12.2. The molecule has 0 bridgehead atoms. The van der Waals surface area contributed by atoms with E-state index in [0.717, 1.165) is 16.7 Å². The average molecular weight is 494 g/mol. The Labute approximate surface area is 213 Å². The highest BCUT2D eigenvalue weighted by molar-refractivity contribution is 5.97. The van der Waals surface area contributed by atoms with Crippen LogP contribution in [0.4, 0.5) is 0 Å². The van der Waals surface area contributed by atoms with Crippen LogP contribution < -0.4 is 16.6 Å². The fraction of sp³-hybridized carbons (Fsp3) is 0.167. The zero-order valence-electron chi connectivity index (χ0n) is 20.5. The van der Waals surface area contributed by atoms with Gasteiger partial charge in [-0.2, -0.15) is 0 Å². The molecule has 0 unspecified atom stereocenters. The quantitative estimate of drug-likeness (QED) is 0.352. The molecule has 7 nitrogen and oxygen atoms in total. The summed E-state index contributed by atoms with van der Waals surface area (Å²) < 4.78 is 8.13. The highest BCUT2D eigenvalue weighted by Gasteiger charge is 2.17. The van der Waals surface area contributed by atoms with Gasteiger partial charge in [-0.15, -0.1) is 0 Å². The molecule has 5 rings (SSSR count). The summed E-state index contributed by atoms with van der Waals surface area (Å²) in [5.41, 5.74) is 3.04. The van der Waals surface area contributed by atoms with E-state index in [1.807, 2.05) is 61.5 Å². The first-order chi connectivity index (χ1) is 18.0. The molecule has 0 fully saturated rings. The largest absolute Gasteiger partial charge is 0.467 e. The number of nitrogens with zero attached hydrogens (tertiary/aromatic N) is 2. The van der Waals surface area contributed by atoms with Crippen LogP contribution in [0.15, 0.2) is 105 Å². The third-order valence-corrected chi connectivity index (χ3v) is 6.51. The van der Waals surface area contributed by atoms with Crippen molar-refractivity contribution in [2.24, 2.45) is 0 Å². The number of furan rings is 1. The van der Waals surface area contributed by atoms with Crippen molar-refractivity contribution in [3.63, 3.8) is 0 Å². The Bertz CT molecular complexity index is 1670.